The third-order valence-electron chi connectivity index (χ3n) is 11.6. The molecule has 33 heteroatoms. The summed E-state index contributed by atoms with van der Waals surface area (Å²) in [4.78, 5) is 115. The number of nitrogens with two attached hydrogens (primary N) is 2. The van der Waals surface area contributed by atoms with Crippen molar-refractivity contribution in [3.8, 4) is 11.5 Å². The molecule has 0 fully saturated rings. The van der Waals surface area contributed by atoms with Gasteiger partial charge in [-0.2, -0.15) is 22.7 Å². The molecule has 8 N–H and O–H groups in total. The van der Waals surface area contributed by atoms with Gasteiger partial charge in [-0.25, -0.2) is 32.1 Å². The fourth-order valence-corrected chi connectivity index (χ4v) is 9.74. The standard InChI is InChI=1S/C17H20N2O3S.C10H13NO2.C9H13NO2S.2C7H8NOS.C5H9BrO.C5H10O.C4H7NO2S.CH4O.Br2.2Na.2H2O/c1-9(2)14-8-18-17(23-14)16(21)19-15-10(3)13(22-5)7-6-12(15)11(4)20;1-6-9(13-3)5-4-8(7(2)12)10(6)11;1-4-12-9(11)8-10-7(5-13-8)6(2)3;2*1-5(2)6-4-10-7(3-9)8-6;1-4(2)5(7)3-6;1-4(2)5(3)6;1-2-7-4(6)3(5)8;2*1-2;;;;/h6-9H,1-5H3,(H,19,21);4-5H,11H2,1-3H3;5-6H,4H2,1-3H3;2*4-5H,1-2H3;4H,3H2,1-2H3;4H,1-3H3;2H2,1H3,(H2,5,8);2H,1H3;;;;2*1H2/q;;;2*-1;;;;;;2*+1;;/p-2. The van der Waals surface area contributed by atoms with E-state index < -0.39 is 5.97 Å². The number of benzene rings is 2. The van der Waals surface area contributed by atoms with Crippen LogP contribution in [0.15, 0.2) is 46.6 Å². The first-order chi connectivity index (χ1) is 44.0. The van der Waals surface area contributed by atoms with Crippen molar-refractivity contribution in [3.63, 3.8) is 0 Å². The zero-order valence-electron chi connectivity index (χ0n) is 60.5. The zero-order chi connectivity index (χ0) is 73.7. The molecule has 0 saturated carbocycles. The number of nitrogens with one attached hydrogen (secondary N) is 1. The number of anilines is 2. The van der Waals surface area contributed by atoms with E-state index >= 15 is 0 Å². The smallest absolute Gasteiger partial charge is 0.870 e. The number of nitrogen functional groups attached to an aromatic ring is 1. The van der Waals surface area contributed by atoms with Crippen LogP contribution in [0.3, 0.4) is 0 Å². The van der Waals surface area contributed by atoms with E-state index in [1.54, 1.807) is 78.0 Å². The van der Waals surface area contributed by atoms with Gasteiger partial charge < -0.3 is 61.4 Å². The van der Waals surface area contributed by atoms with Crippen molar-refractivity contribution in [3.05, 3.63) is 111 Å². The number of amides is 1. The summed E-state index contributed by atoms with van der Waals surface area (Å²) in [7, 11) is 4.13. The average Bonchev–Trinajstić information content (AvgIpc) is 1.17. The number of Topliss-reactive ketones (excluding diaryl/α,β-unsaturated/α-hetero) is 4. The Morgan fingerprint density at radius 3 is 1.31 bits per heavy atom. The number of aliphatic hydroxyl groups excluding tert-OH is 1. The number of esters is 2. The predicted molar refractivity (Wildman–Crippen MR) is 401 cm³/mol. The third-order valence-corrected chi connectivity index (χ3v) is 16.0. The van der Waals surface area contributed by atoms with Crippen molar-refractivity contribution < 1.29 is 137 Å². The summed E-state index contributed by atoms with van der Waals surface area (Å²) in [5.74, 6) is 2.34. The quantitative estimate of drug-likeness (QED) is 0.0118. The molecule has 540 valence electrons. The number of ether oxygens (including phenoxy) is 4. The van der Waals surface area contributed by atoms with Crippen LogP contribution in [0, 0.1) is 25.7 Å². The van der Waals surface area contributed by atoms with Gasteiger partial charge in [0.2, 0.25) is 5.01 Å². The van der Waals surface area contributed by atoms with Crippen LogP contribution in [0.4, 0.5) is 11.4 Å². The Bertz CT molecular complexity index is 3240. The molecule has 0 unspecified atom stereocenters. The van der Waals surface area contributed by atoms with E-state index in [0.717, 1.165) is 34.6 Å². The Hall–Kier alpha value is -4.00. The summed E-state index contributed by atoms with van der Waals surface area (Å²) < 4.78 is 19.6. The predicted octanol–water partition coefficient (Wildman–Crippen LogP) is 9.35. The van der Waals surface area contributed by atoms with Crippen molar-refractivity contribution in [1.29, 1.82) is 0 Å². The Labute approximate surface area is 667 Å². The molecule has 98 heavy (non-hydrogen) atoms. The van der Waals surface area contributed by atoms with Gasteiger partial charge in [0.05, 0.1) is 55.5 Å². The van der Waals surface area contributed by atoms with Crippen molar-refractivity contribution >= 4 is 172 Å². The molecule has 4 heterocycles. The molecule has 23 nitrogen and oxygen atoms in total. The first-order valence-corrected chi connectivity index (χ1v) is 37.6. The molecule has 6 rings (SSSR count). The number of alkyl halides is 1. The number of methoxy groups -OCH3 is 2. The average molecular weight is 1680 g/mol. The zero-order valence-corrected chi connectivity index (χ0v) is 73.3. The Balaban J connectivity index is -0.000000161. The van der Waals surface area contributed by atoms with Crippen molar-refractivity contribution in [2.75, 3.05) is 50.9 Å². The maximum atomic E-state index is 12.5. The number of hydrogen-bond acceptors (Lipinski definition) is 26. The molecule has 0 aliphatic rings. The number of halogens is 3. The number of aromatic nitrogens is 4. The van der Waals surface area contributed by atoms with Crippen LogP contribution >= 0.6 is 102 Å². The van der Waals surface area contributed by atoms with Crippen LogP contribution in [0.2, 0.25) is 0 Å². The maximum absolute atomic E-state index is 12.5. The van der Waals surface area contributed by atoms with Crippen LogP contribution < -0.4 is 85.4 Å². The van der Waals surface area contributed by atoms with Gasteiger partial charge in [0.25, 0.3) is 5.91 Å². The molecule has 0 radical (unpaired) electrons. The largest absolute Gasteiger partial charge is 1.00 e. The fourth-order valence-electron chi connectivity index (χ4n) is 5.82. The summed E-state index contributed by atoms with van der Waals surface area (Å²) in [5.41, 5.74) is 17.1. The number of thiocarbonyl (C=S) groups is 1. The molecule has 0 bridgehead atoms. The second-order valence-electron chi connectivity index (χ2n) is 20.7. The monoisotopic (exact) mass is 1670 g/mol. The van der Waals surface area contributed by atoms with E-state index in [1.165, 1.54) is 59.2 Å². The summed E-state index contributed by atoms with van der Waals surface area (Å²) >= 11 is 18.2. The number of hydrogen-bond donors (Lipinski definition) is 4. The van der Waals surface area contributed by atoms with Crippen LogP contribution in [0.1, 0.15) is 225 Å². The number of ketones is 4. The van der Waals surface area contributed by atoms with E-state index in [-0.39, 0.29) is 122 Å². The van der Waals surface area contributed by atoms with E-state index in [0.29, 0.717) is 102 Å². The van der Waals surface area contributed by atoms with E-state index in [9.17, 15) is 43.2 Å². The van der Waals surface area contributed by atoms with E-state index in [4.69, 9.17) is 30.8 Å². The molecular formula is C65H94Br3N7Na2O16S5-2. The molecular weight excluding hydrogens is 1580 g/mol. The number of thiazole rings is 4. The van der Waals surface area contributed by atoms with Gasteiger partial charge in [0.1, 0.15) is 23.1 Å². The number of aliphatic hydroxyl groups is 1. The van der Waals surface area contributed by atoms with Crippen molar-refractivity contribution in [2.45, 2.75) is 155 Å². The number of rotatable bonds is 18. The minimum atomic E-state index is -0.609. The molecule has 4 aromatic heterocycles. The van der Waals surface area contributed by atoms with Gasteiger partial charge in [-0.1, -0.05) is 111 Å². The first-order valence-electron chi connectivity index (χ1n) is 28.9. The molecule has 6 aromatic rings. The summed E-state index contributed by atoms with van der Waals surface area (Å²) in [6.07, 6.45) is 5.24. The third kappa shape index (κ3) is 45.1. The molecule has 0 aliphatic carbocycles. The maximum Gasteiger partial charge on any atom is 1.00 e. The molecule has 0 atom stereocenters. The number of carbonyl (C=O) groups excluding carboxylic acids is 9. The number of carbonyl (C=O) groups is 7. The SMILES string of the molecule is BrBr.CC(=O)C(C)C.CC(C)C(=O)CBr.CC(C)c1csc([C-]=O)n1.CC(C)c1csc([C-]=O)n1.CCOC(=O)C(N)=S.CCOC(=O)c1nc(C(C)C)cs1.CO.COc1ccc(C(C)=O)c(N)c1C.COc1ccc(C(C)=O)c(NC(=O)c2ncc(C(C)C)s2)c1C.[Na+].[Na+].[OH-].[OH-]. The van der Waals surface area contributed by atoms with Gasteiger partial charge in [-0.05, 0) is 106 Å². The topological polar surface area (TPSA) is 386 Å². The molecule has 2 aromatic carbocycles. The van der Waals surface area contributed by atoms with Crippen molar-refractivity contribution in [2.24, 2.45) is 17.6 Å². The molecule has 1 amide bonds. The Morgan fingerprint density at radius 2 is 1.03 bits per heavy atom. The van der Waals surface area contributed by atoms with Gasteiger partial charge in [-0.15, -0.1) is 22.7 Å². The van der Waals surface area contributed by atoms with E-state index in [2.05, 4.69) is 100 Å². The molecule has 0 saturated heterocycles. The summed E-state index contributed by atoms with van der Waals surface area (Å²) in [6.45, 7) is 36.3. The summed E-state index contributed by atoms with van der Waals surface area (Å²) in [5, 5.41) is 17.7. The molecule has 0 aliphatic heterocycles. The van der Waals surface area contributed by atoms with Gasteiger partial charge >= 0.3 is 71.1 Å². The first kappa shape index (κ1) is 110. The van der Waals surface area contributed by atoms with Crippen molar-refractivity contribution in [1.82, 2.24) is 19.9 Å². The van der Waals surface area contributed by atoms with Gasteiger partial charge in [0.15, 0.2) is 21.6 Å². The fraction of sp³-hybridized carbons (Fsp3) is 0.477. The Morgan fingerprint density at radius 1 is 0.633 bits per heavy atom. The summed E-state index contributed by atoms with van der Waals surface area (Å²) in [6, 6.07) is 6.82. The minimum Gasteiger partial charge on any atom is -0.870 e. The number of nitrogens with zero attached hydrogens (tertiary/aromatic N) is 4. The Kier molecular flexibility index (Phi) is 70.4. The van der Waals surface area contributed by atoms with Crippen LogP contribution in [-0.4, -0.2) is 134 Å². The molecule has 0 spiro atoms. The van der Waals surface area contributed by atoms with E-state index in [1.807, 2.05) is 99.2 Å². The second kappa shape index (κ2) is 62.8. The minimum absolute atomic E-state index is 0. The van der Waals surface area contributed by atoms with Crippen LogP contribution in [-0.2, 0) is 33.4 Å². The van der Waals surface area contributed by atoms with Gasteiger partial charge in [0, 0.05) is 102 Å². The second-order valence-corrected chi connectivity index (χ2v) is 25.3. The normalized spacial score (nSPS) is 9.35. The van der Waals surface area contributed by atoms with Gasteiger partial charge in [-0.3, -0.25) is 33.9 Å². The van der Waals surface area contributed by atoms with Crippen LogP contribution in [0.5, 0.6) is 11.5 Å². The van der Waals surface area contributed by atoms with Crippen LogP contribution in [0.25, 0.3) is 0 Å².